The number of anilines is 2. The number of nitrogens with one attached hydrogen (secondary N) is 2. The third kappa shape index (κ3) is 5.14. The van der Waals surface area contributed by atoms with Gasteiger partial charge in [0.2, 0.25) is 15.9 Å². The summed E-state index contributed by atoms with van der Waals surface area (Å²) < 4.78 is 49.2. The summed E-state index contributed by atoms with van der Waals surface area (Å²) in [6.45, 7) is 0.823. The van der Waals surface area contributed by atoms with Gasteiger partial charge in [-0.2, -0.15) is 0 Å². The third-order valence-electron chi connectivity index (χ3n) is 3.58. The highest BCUT2D eigenvalue weighted by molar-refractivity contribution is 7.92. The molecule has 1 aliphatic heterocycles. The Morgan fingerprint density at radius 1 is 1.21 bits per heavy atom. The van der Waals surface area contributed by atoms with E-state index in [1.54, 1.807) is 12.1 Å². The molecule has 0 bridgehead atoms. The maximum atomic E-state index is 13.7. The van der Waals surface area contributed by atoms with E-state index in [1.807, 2.05) is 4.72 Å². The zero-order valence-electron chi connectivity index (χ0n) is 14.7. The summed E-state index contributed by atoms with van der Waals surface area (Å²) in [5.41, 5.74) is 0.591. The molecule has 0 unspecified atom stereocenters. The van der Waals surface area contributed by atoms with E-state index in [2.05, 4.69) is 5.32 Å². The molecule has 1 amide bonds. The Balaban J connectivity index is 1.72. The standard InChI is InChI=1S/C18H16ClFN2O5S/c1-28(24,25)22-15-10-12(3-4-14(15)20)21-17(23)5-2-11-8-13(19)18-16(9-11)26-6-7-27-18/h2-5,8-10,22H,6-7H2,1H3,(H,21,23)/b5-2+. The molecule has 0 aliphatic carbocycles. The topological polar surface area (TPSA) is 93.7 Å². The number of halogens is 2. The molecule has 28 heavy (non-hydrogen) atoms. The van der Waals surface area contributed by atoms with Crippen molar-refractivity contribution in [3.8, 4) is 11.5 Å². The lowest BCUT2D eigenvalue weighted by Crippen LogP contribution is -2.15. The van der Waals surface area contributed by atoms with Gasteiger partial charge in [0.15, 0.2) is 11.5 Å². The first-order valence-electron chi connectivity index (χ1n) is 8.07. The summed E-state index contributed by atoms with van der Waals surface area (Å²) >= 11 is 6.15. The average molecular weight is 427 g/mol. The van der Waals surface area contributed by atoms with Crippen LogP contribution in [-0.2, 0) is 14.8 Å². The van der Waals surface area contributed by atoms with E-state index in [4.69, 9.17) is 21.1 Å². The smallest absolute Gasteiger partial charge is 0.248 e. The second kappa shape index (κ2) is 8.07. The zero-order chi connectivity index (χ0) is 20.3. The number of hydrogen-bond donors (Lipinski definition) is 2. The first kappa shape index (κ1) is 20.0. The van der Waals surface area contributed by atoms with Gasteiger partial charge in [0.25, 0.3) is 0 Å². The van der Waals surface area contributed by atoms with E-state index >= 15 is 0 Å². The second-order valence-electron chi connectivity index (χ2n) is 5.92. The average Bonchev–Trinajstić information content (AvgIpc) is 2.62. The Bertz CT molecular complexity index is 1060. The fourth-order valence-corrected chi connectivity index (χ4v) is 3.29. The van der Waals surface area contributed by atoms with Crippen LogP contribution < -0.4 is 19.5 Å². The van der Waals surface area contributed by atoms with Gasteiger partial charge in [-0.1, -0.05) is 11.6 Å². The summed E-state index contributed by atoms with van der Waals surface area (Å²) in [5.74, 6) is -0.298. The molecular weight excluding hydrogens is 411 g/mol. The van der Waals surface area contributed by atoms with Crippen LogP contribution >= 0.6 is 11.6 Å². The molecule has 7 nitrogen and oxygen atoms in total. The predicted molar refractivity (Wildman–Crippen MR) is 105 cm³/mol. The molecule has 10 heteroatoms. The molecule has 0 radical (unpaired) electrons. The number of rotatable bonds is 5. The van der Waals surface area contributed by atoms with Crippen molar-refractivity contribution in [2.24, 2.45) is 0 Å². The number of fused-ring (bicyclic) bond motifs is 1. The molecule has 0 aromatic heterocycles. The minimum atomic E-state index is -3.65. The van der Waals surface area contributed by atoms with Crippen LogP contribution in [-0.4, -0.2) is 33.8 Å². The first-order chi connectivity index (χ1) is 13.2. The maximum absolute atomic E-state index is 13.7. The molecule has 0 fully saturated rings. The number of carbonyl (C=O) groups excluding carboxylic acids is 1. The molecule has 1 heterocycles. The first-order valence-corrected chi connectivity index (χ1v) is 10.3. The Hall–Kier alpha value is -2.78. The fraction of sp³-hybridized carbons (Fsp3) is 0.167. The number of amides is 1. The van der Waals surface area contributed by atoms with Crippen LogP contribution in [0.5, 0.6) is 11.5 Å². The van der Waals surface area contributed by atoms with Crippen LogP contribution in [0.4, 0.5) is 15.8 Å². The Morgan fingerprint density at radius 2 is 1.96 bits per heavy atom. The van der Waals surface area contributed by atoms with Crippen molar-refractivity contribution in [2.75, 3.05) is 29.5 Å². The van der Waals surface area contributed by atoms with Gasteiger partial charge in [-0.05, 0) is 42.0 Å². The van der Waals surface area contributed by atoms with Gasteiger partial charge >= 0.3 is 0 Å². The lowest BCUT2D eigenvalue weighted by Gasteiger charge is -2.19. The highest BCUT2D eigenvalue weighted by atomic mass is 35.5. The quantitative estimate of drug-likeness (QED) is 0.716. The number of carbonyl (C=O) groups is 1. The minimum Gasteiger partial charge on any atom is -0.486 e. The van der Waals surface area contributed by atoms with Crippen molar-refractivity contribution in [2.45, 2.75) is 0 Å². The van der Waals surface area contributed by atoms with Crippen molar-refractivity contribution >= 4 is 45.0 Å². The van der Waals surface area contributed by atoms with Crippen molar-refractivity contribution in [1.29, 1.82) is 0 Å². The van der Waals surface area contributed by atoms with E-state index < -0.39 is 21.7 Å². The fourth-order valence-electron chi connectivity index (χ4n) is 2.46. The molecule has 0 atom stereocenters. The number of sulfonamides is 1. The van der Waals surface area contributed by atoms with Gasteiger partial charge in [0, 0.05) is 11.8 Å². The van der Waals surface area contributed by atoms with Gasteiger partial charge in [-0.15, -0.1) is 0 Å². The van der Waals surface area contributed by atoms with Crippen molar-refractivity contribution < 1.29 is 27.1 Å². The van der Waals surface area contributed by atoms with Crippen molar-refractivity contribution in [3.05, 3.63) is 52.8 Å². The molecule has 1 aliphatic rings. The maximum Gasteiger partial charge on any atom is 0.248 e. The van der Waals surface area contributed by atoms with Gasteiger partial charge < -0.3 is 14.8 Å². The van der Waals surface area contributed by atoms with Crippen LogP contribution in [0.25, 0.3) is 6.08 Å². The van der Waals surface area contributed by atoms with E-state index in [-0.39, 0.29) is 11.4 Å². The van der Waals surface area contributed by atoms with Gasteiger partial charge in [0.1, 0.15) is 19.0 Å². The zero-order valence-corrected chi connectivity index (χ0v) is 16.2. The largest absolute Gasteiger partial charge is 0.486 e. The van der Waals surface area contributed by atoms with E-state index in [0.29, 0.717) is 35.3 Å². The monoisotopic (exact) mass is 426 g/mol. The SMILES string of the molecule is CS(=O)(=O)Nc1cc(NC(=O)/C=C/c2cc(Cl)c3c(c2)OCCO3)ccc1F. The normalized spacial score (nSPS) is 13.4. The van der Waals surface area contributed by atoms with Crippen LogP contribution in [0, 0.1) is 5.82 Å². The Kier molecular flexibility index (Phi) is 5.76. The predicted octanol–water partition coefficient (Wildman–Crippen LogP) is 3.27. The molecule has 0 saturated heterocycles. The molecular formula is C18H16ClFN2O5S. The third-order valence-corrected chi connectivity index (χ3v) is 4.45. The number of hydrogen-bond acceptors (Lipinski definition) is 5. The summed E-state index contributed by atoms with van der Waals surface area (Å²) in [7, 11) is -3.65. The Morgan fingerprint density at radius 3 is 2.71 bits per heavy atom. The van der Waals surface area contributed by atoms with Gasteiger partial charge in [0.05, 0.1) is 17.0 Å². The molecule has 0 saturated carbocycles. The van der Waals surface area contributed by atoms with Crippen LogP contribution in [0.1, 0.15) is 5.56 Å². The van der Waals surface area contributed by atoms with Crippen LogP contribution in [0.15, 0.2) is 36.4 Å². The Labute approximate surface area is 166 Å². The molecule has 2 aromatic carbocycles. The van der Waals surface area contributed by atoms with E-state index in [1.165, 1.54) is 24.3 Å². The molecule has 2 aromatic rings. The van der Waals surface area contributed by atoms with Crippen LogP contribution in [0.2, 0.25) is 5.02 Å². The number of ether oxygens (including phenoxy) is 2. The molecule has 148 valence electrons. The summed E-state index contributed by atoms with van der Waals surface area (Å²) in [6, 6.07) is 6.87. The lowest BCUT2D eigenvalue weighted by atomic mass is 10.1. The highest BCUT2D eigenvalue weighted by Crippen LogP contribution is 2.38. The summed E-state index contributed by atoms with van der Waals surface area (Å²) in [5, 5.41) is 2.89. The number of benzene rings is 2. The van der Waals surface area contributed by atoms with Crippen molar-refractivity contribution in [1.82, 2.24) is 0 Å². The van der Waals surface area contributed by atoms with E-state index in [0.717, 1.165) is 12.3 Å². The van der Waals surface area contributed by atoms with E-state index in [9.17, 15) is 17.6 Å². The molecule has 0 spiro atoms. The minimum absolute atomic E-state index is 0.224. The molecule has 2 N–H and O–H groups in total. The summed E-state index contributed by atoms with van der Waals surface area (Å²) in [6.07, 6.45) is 3.69. The van der Waals surface area contributed by atoms with Gasteiger partial charge in [-0.25, -0.2) is 12.8 Å². The summed E-state index contributed by atoms with van der Waals surface area (Å²) in [4.78, 5) is 12.1. The van der Waals surface area contributed by atoms with Crippen molar-refractivity contribution in [3.63, 3.8) is 0 Å². The van der Waals surface area contributed by atoms with Crippen LogP contribution in [0.3, 0.4) is 0 Å². The highest BCUT2D eigenvalue weighted by Gasteiger charge is 2.16. The second-order valence-corrected chi connectivity index (χ2v) is 8.07. The van der Waals surface area contributed by atoms with Gasteiger partial charge in [-0.3, -0.25) is 9.52 Å². The molecule has 3 rings (SSSR count). The lowest BCUT2D eigenvalue weighted by molar-refractivity contribution is -0.111.